The van der Waals surface area contributed by atoms with Gasteiger partial charge in [-0.15, -0.1) is 0 Å². The fourth-order valence-electron chi connectivity index (χ4n) is 7.82. The molecule has 0 spiro atoms. The van der Waals surface area contributed by atoms with Crippen LogP contribution in [0.4, 0.5) is 5.95 Å². The molecule has 8 rings (SSSR count). The summed E-state index contributed by atoms with van der Waals surface area (Å²) in [5.41, 5.74) is 5.66. The number of benzene rings is 4. The van der Waals surface area contributed by atoms with Gasteiger partial charge >= 0.3 is 0 Å². The van der Waals surface area contributed by atoms with Crippen molar-refractivity contribution in [2.24, 2.45) is 5.92 Å². The van der Waals surface area contributed by atoms with Crippen LogP contribution in [0.1, 0.15) is 42.3 Å². The predicted molar refractivity (Wildman–Crippen MR) is 212 cm³/mol. The summed E-state index contributed by atoms with van der Waals surface area (Å²) < 4.78 is 0. The number of fused-ring (bicyclic) bond motifs is 1. The Kier molecular flexibility index (Phi) is 10.6. The van der Waals surface area contributed by atoms with E-state index in [2.05, 4.69) is 61.7 Å². The molecule has 4 aromatic carbocycles. The number of aliphatic hydroxyl groups excluding tert-OH is 2. The maximum absolute atomic E-state index is 13.3. The first-order valence-corrected chi connectivity index (χ1v) is 19.1. The van der Waals surface area contributed by atoms with Crippen LogP contribution >= 0.6 is 0 Å². The highest BCUT2D eigenvalue weighted by Crippen LogP contribution is 2.33. The van der Waals surface area contributed by atoms with Gasteiger partial charge in [0.05, 0.1) is 17.9 Å². The summed E-state index contributed by atoms with van der Waals surface area (Å²) in [6, 6.07) is 31.5. The molecule has 4 heterocycles. The third-order valence-corrected chi connectivity index (χ3v) is 10.8. The quantitative estimate of drug-likeness (QED) is 0.123. The molecule has 55 heavy (non-hydrogen) atoms. The topological polar surface area (TPSA) is 148 Å². The van der Waals surface area contributed by atoms with Crippen LogP contribution in [0.5, 0.6) is 0 Å². The van der Waals surface area contributed by atoms with Crippen LogP contribution in [0, 0.1) is 5.92 Å². The minimum Gasteiger partial charge on any atom is -0.383 e. The number of hydrogen-bond donors (Lipinski definition) is 4. The molecule has 0 saturated carbocycles. The van der Waals surface area contributed by atoms with Crippen molar-refractivity contribution in [1.29, 1.82) is 0 Å². The average molecular weight is 736 g/mol. The summed E-state index contributed by atoms with van der Waals surface area (Å²) in [7, 11) is 0. The number of rotatable bonds is 12. The second kappa shape index (κ2) is 16.2. The van der Waals surface area contributed by atoms with Crippen molar-refractivity contribution < 1.29 is 19.8 Å². The molecule has 0 aliphatic carbocycles. The zero-order valence-electron chi connectivity index (χ0n) is 30.6. The molecule has 4 atom stereocenters. The van der Waals surface area contributed by atoms with Crippen molar-refractivity contribution in [3.05, 3.63) is 133 Å². The lowest BCUT2D eigenvalue weighted by atomic mass is 10.0. The summed E-state index contributed by atoms with van der Waals surface area (Å²) >= 11 is 0. The van der Waals surface area contributed by atoms with Gasteiger partial charge in [0, 0.05) is 62.5 Å². The van der Waals surface area contributed by atoms with E-state index in [4.69, 9.17) is 0 Å². The molecule has 11 nitrogen and oxygen atoms in total. The largest absolute Gasteiger partial charge is 0.383 e. The molecule has 4 N–H and O–H groups in total. The maximum Gasteiger partial charge on any atom is 0.252 e. The number of H-pyrrole nitrogens is 1. The zero-order chi connectivity index (χ0) is 37.7. The Morgan fingerprint density at radius 3 is 2.05 bits per heavy atom. The summed E-state index contributed by atoms with van der Waals surface area (Å²) in [6.45, 7) is 2.46. The summed E-state index contributed by atoms with van der Waals surface area (Å²) in [6.07, 6.45) is 6.44. The zero-order valence-corrected chi connectivity index (χ0v) is 30.6. The molecule has 2 fully saturated rings. The van der Waals surface area contributed by atoms with Crippen molar-refractivity contribution >= 4 is 28.5 Å². The number of nitrogens with one attached hydrogen (secondary N) is 2. The molecule has 6 aromatic rings. The minimum atomic E-state index is -1.09. The van der Waals surface area contributed by atoms with Crippen LogP contribution in [0.3, 0.4) is 0 Å². The monoisotopic (exact) mass is 735 g/mol. The van der Waals surface area contributed by atoms with Crippen LogP contribution in [0.25, 0.3) is 33.2 Å². The Bertz CT molecular complexity index is 2250. The van der Waals surface area contributed by atoms with E-state index in [1.807, 2.05) is 79.3 Å². The molecule has 0 bridgehead atoms. The number of aromatic amines is 1. The Labute approximate surface area is 320 Å². The first kappa shape index (κ1) is 36.1. The van der Waals surface area contributed by atoms with Gasteiger partial charge in [-0.2, -0.15) is 0 Å². The molecule has 2 aliphatic rings. The second-order valence-corrected chi connectivity index (χ2v) is 14.7. The highest BCUT2D eigenvalue weighted by molar-refractivity contribution is 5.90. The van der Waals surface area contributed by atoms with E-state index in [0.29, 0.717) is 38.5 Å². The first-order valence-electron chi connectivity index (χ1n) is 19.1. The van der Waals surface area contributed by atoms with Gasteiger partial charge in [0.15, 0.2) is 0 Å². The lowest BCUT2D eigenvalue weighted by Crippen LogP contribution is -2.40. The predicted octanol–water partition coefficient (Wildman–Crippen LogP) is 5.82. The normalized spacial score (nSPS) is 18.1. The average Bonchev–Trinajstić information content (AvgIpc) is 4.02. The fourth-order valence-corrected chi connectivity index (χ4v) is 7.82. The van der Waals surface area contributed by atoms with Gasteiger partial charge in [-0.25, -0.2) is 15.0 Å². The van der Waals surface area contributed by atoms with Crippen LogP contribution in [0.2, 0.25) is 0 Å². The standard InChI is InChI=1S/C44H45N7O4/c52-39(20-29-8-3-1-4-9-29)42(54)50-19-17-31(28-50)24-46-44-47-25-36(26-48-44)34-14-13-33-23-35(16-15-32(33)22-34)37-27-45-41(49-37)38-12-7-18-51(38)43(55)40(53)21-30-10-5-2-6-11-30/h1-6,8-11,13-16,22-23,25-27,31,38-40,52-53H,7,12,17-21,24,28H2,(H,45,49)(H,46,47,48)/t31-,38+,39+,40-/m1/s1. The molecule has 2 saturated heterocycles. The smallest absolute Gasteiger partial charge is 0.252 e. The van der Waals surface area contributed by atoms with Gasteiger partial charge in [-0.1, -0.05) is 84.9 Å². The van der Waals surface area contributed by atoms with E-state index < -0.39 is 12.2 Å². The second-order valence-electron chi connectivity index (χ2n) is 14.7. The Morgan fingerprint density at radius 2 is 1.36 bits per heavy atom. The van der Waals surface area contributed by atoms with E-state index in [9.17, 15) is 19.8 Å². The van der Waals surface area contributed by atoms with Crippen molar-refractivity contribution in [1.82, 2.24) is 29.7 Å². The Morgan fingerprint density at radius 1 is 0.727 bits per heavy atom. The molecular formula is C44H45N7O4. The van der Waals surface area contributed by atoms with E-state index in [1.165, 1.54) is 0 Å². The molecule has 11 heteroatoms. The number of aliphatic hydroxyl groups is 2. The number of nitrogens with zero attached hydrogens (tertiary/aromatic N) is 5. The van der Waals surface area contributed by atoms with Gasteiger partial charge in [0.2, 0.25) is 5.95 Å². The Balaban J connectivity index is 0.857. The first-order chi connectivity index (χ1) is 26.9. The summed E-state index contributed by atoms with van der Waals surface area (Å²) in [5, 5.41) is 26.8. The lowest BCUT2D eigenvalue weighted by Gasteiger charge is -2.25. The number of carbonyl (C=O) groups excluding carboxylic acids is 2. The van der Waals surface area contributed by atoms with Crippen LogP contribution in [0.15, 0.2) is 116 Å². The van der Waals surface area contributed by atoms with Gasteiger partial charge in [0.1, 0.15) is 18.0 Å². The number of amides is 2. The maximum atomic E-state index is 13.3. The van der Waals surface area contributed by atoms with E-state index in [1.54, 1.807) is 9.80 Å². The number of imidazole rings is 1. The molecule has 2 aliphatic heterocycles. The molecule has 0 unspecified atom stereocenters. The molecule has 2 aromatic heterocycles. The number of likely N-dealkylation sites (tertiary alicyclic amines) is 2. The fraction of sp³-hybridized carbons (Fsp3) is 0.295. The number of anilines is 1. The SMILES string of the molecule is O=C([C@@H](O)Cc1ccccc1)N1CC[C@H](CNc2ncc(-c3ccc4cc(-c5cnc([C@@H]6CCCN6C(=O)[C@H](O)Cc6ccccc6)[nH]5)ccc4c3)cn2)C1. The van der Waals surface area contributed by atoms with Crippen LogP contribution in [-0.2, 0) is 22.4 Å². The van der Waals surface area contributed by atoms with Gasteiger partial charge in [0.25, 0.3) is 11.8 Å². The van der Waals surface area contributed by atoms with Crippen molar-refractivity contribution in [3.8, 4) is 22.4 Å². The van der Waals surface area contributed by atoms with Gasteiger partial charge in [-0.3, -0.25) is 9.59 Å². The van der Waals surface area contributed by atoms with Crippen LogP contribution < -0.4 is 5.32 Å². The molecule has 2 amide bonds. The number of hydrogen-bond acceptors (Lipinski definition) is 8. The third kappa shape index (κ3) is 8.28. The van der Waals surface area contributed by atoms with E-state index in [0.717, 1.165) is 69.4 Å². The summed E-state index contributed by atoms with van der Waals surface area (Å²) in [5.74, 6) is 1.04. The van der Waals surface area contributed by atoms with Gasteiger partial charge < -0.3 is 30.3 Å². The summed E-state index contributed by atoms with van der Waals surface area (Å²) in [4.78, 5) is 46.9. The van der Waals surface area contributed by atoms with E-state index >= 15 is 0 Å². The highest BCUT2D eigenvalue weighted by Gasteiger charge is 2.35. The number of carbonyl (C=O) groups is 2. The van der Waals surface area contributed by atoms with E-state index in [-0.39, 0.29) is 30.2 Å². The third-order valence-electron chi connectivity index (χ3n) is 10.8. The number of aromatic nitrogens is 4. The molecule has 0 radical (unpaired) electrons. The van der Waals surface area contributed by atoms with Crippen molar-refractivity contribution in [2.75, 3.05) is 31.5 Å². The molecule has 280 valence electrons. The van der Waals surface area contributed by atoms with Crippen LogP contribution in [-0.4, -0.2) is 90.2 Å². The molecular weight excluding hydrogens is 691 g/mol. The highest BCUT2D eigenvalue weighted by atomic mass is 16.3. The van der Waals surface area contributed by atoms with Crippen molar-refractivity contribution in [3.63, 3.8) is 0 Å². The van der Waals surface area contributed by atoms with Gasteiger partial charge in [-0.05, 0) is 64.8 Å². The van der Waals surface area contributed by atoms with Crippen molar-refractivity contribution in [2.45, 2.75) is 50.4 Å². The Hall–Kier alpha value is -5.91. The minimum absolute atomic E-state index is 0.201. The lowest BCUT2D eigenvalue weighted by molar-refractivity contribution is -0.141.